The Kier molecular flexibility index (Phi) is 9.22. The molecule has 0 spiro atoms. The first-order valence-corrected chi connectivity index (χ1v) is 14.1. The number of nitrogens with zero attached hydrogens (tertiary/aromatic N) is 4. The Morgan fingerprint density at radius 1 is 1.16 bits per heavy atom. The monoisotopic (exact) mass is 538 g/mol. The first-order chi connectivity index (χ1) is 18.3. The summed E-state index contributed by atoms with van der Waals surface area (Å²) < 4.78 is 14.1. The molecule has 202 valence electrons. The summed E-state index contributed by atoms with van der Waals surface area (Å²) >= 11 is 1.35. The van der Waals surface area contributed by atoms with E-state index in [4.69, 9.17) is 5.11 Å². The third kappa shape index (κ3) is 6.10. The van der Waals surface area contributed by atoms with Gasteiger partial charge < -0.3 is 5.11 Å². The zero-order valence-electron chi connectivity index (χ0n) is 22.1. The van der Waals surface area contributed by atoms with Crippen molar-refractivity contribution >= 4 is 28.3 Å². The minimum atomic E-state index is -0.633. The van der Waals surface area contributed by atoms with Crippen LogP contribution in [-0.2, 0) is 4.79 Å². The number of halogens is 1. The number of aliphatic carboxylic acids is 1. The lowest BCUT2D eigenvalue weighted by Gasteiger charge is -2.20. The molecule has 5 rings (SSSR count). The smallest absolute Gasteiger partial charge is 0.320 e. The molecule has 1 aromatic heterocycles. The number of rotatable bonds is 7. The maximum Gasteiger partial charge on any atom is 0.320 e. The summed E-state index contributed by atoms with van der Waals surface area (Å²) in [5, 5.41) is 18.6. The van der Waals surface area contributed by atoms with Crippen molar-refractivity contribution in [2.75, 3.05) is 18.0 Å². The molecule has 0 saturated carbocycles. The van der Waals surface area contributed by atoms with E-state index in [1.165, 1.54) is 41.2 Å². The van der Waals surface area contributed by atoms with Gasteiger partial charge in [0.05, 0.1) is 5.56 Å². The van der Waals surface area contributed by atoms with Crippen molar-refractivity contribution in [1.29, 1.82) is 0 Å². The summed E-state index contributed by atoms with van der Waals surface area (Å²) in [7, 11) is 0. The van der Waals surface area contributed by atoms with E-state index >= 15 is 0 Å². The van der Waals surface area contributed by atoms with Crippen LogP contribution in [0.25, 0.3) is 10.6 Å². The molecule has 9 heteroatoms. The predicted molar refractivity (Wildman–Crippen MR) is 148 cm³/mol. The lowest BCUT2D eigenvalue weighted by Crippen LogP contribution is -2.37. The van der Waals surface area contributed by atoms with Crippen molar-refractivity contribution in [2.45, 2.75) is 65.0 Å². The number of hydrogen-bond acceptors (Lipinski definition) is 6. The third-order valence-electron chi connectivity index (χ3n) is 7.38. The molecule has 0 bridgehead atoms. The summed E-state index contributed by atoms with van der Waals surface area (Å²) in [6.07, 6.45) is 4.95. The van der Waals surface area contributed by atoms with Gasteiger partial charge in [-0.2, -0.15) is 0 Å². The fourth-order valence-corrected chi connectivity index (χ4v) is 6.29. The van der Waals surface area contributed by atoms with Gasteiger partial charge in [-0.05, 0) is 62.8 Å². The molecule has 2 saturated heterocycles. The van der Waals surface area contributed by atoms with Crippen molar-refractivity contribution in [2.24, 2.45) is 5.92 Å². The van der Waals surface area contributed by atoms with Gasteiger partial charge in [-0.3, -0.25) is 19.4 Å². The number of unbranched alkanes of at least 4 members (excludes halogenated alkanes) is 1. The van der Waals surface area contributed by atoms with Crippen LogP contribution in [-0.4, -0.2) is 57.3 Å². The van der Waals surface area contributed by atoms with E-state index in [-0.39, 0.29) is 17.5 Å². The minimum absolute atomic E-state index is 0.0521. The standard InChI is InChI=1S/C20H20FN3OS.C9H15NO2/c1-3-4-13-24(19(25)16-11-7-8-12-17(16)21)20-23-22-18(26-20)15-10-6-5-9-14(15)2;1-6-5-8(9(11)12)10-4-2-3-7(6)10/h5-12H,3-4,13H2,1-2H3;6-8H,2-5H2,1H3,(H,11,12). The molecule has 7 nitrogen and oxygen atoms in total. The second kappa shape index (κ2) is 12.6. The molecule has 3 aromatic rings. The zero-order valence-corrected chi connectivity index (χ0v) is 23.0. The number of hydrogen-bond donors (Lipinski definition) is 1. The van der Waals surface area contributed by atoms with E-state index in [2.05, 4.69) is 22.0 Å². The van der Waals surface area contributed by atoms with E-state index < -0.39 is 11.8 Å². The van der Waals surface area contributed by atoms with Gasteiger partial charge in [-0.15, -0.1) is 10.2 Å². The third-order valence-corrected chi connectivity index (χ3v) is 8.36. The van der Waals surface area contributed by atoms with Crippen molar-refractivity contribution < 1.29 is 19.1 Å². The van der Waals surface area contributed by atoms with Crippen molar-refractivity contribution in [3.8, 4) is 10.6 Å². The quantitative estimate of drug-likeness (QED) is 0.395. The van der Waals surface area contributed by atoms with Gasteiger partial charge in [-0.25, -0.2) is 4.39 Å². The normalized spacial score (nSPS) is 20.5. The number of carboxylic acids is 1. The molecular formula is C29H35FN4O3S. The number of benzene rings is 2. The zero-order chi connectivity index (χ0) is 27.2. The molecule has 0 radical (unpaired) electrons. The number of carbonyl (C=O) groups excluding carboxylic acids is 1. The molecule has 2 aromatic carbocycles. The van der Waals surface area contributed by atoms with Gasteiger partial charge in [-0.1, -0.05) is 68.0 Å². The largest absolute Gasteiger partial charge is 0.480 e. The second-order valence-corrected chi connectivity index (χ2v) is 11.0. The molecule has 2 aliphatic heterocycles. The fraction of sp³-hybridized carbons (Fsp3) is 0.448. The van der Waals surface area contributed by atoms with Crippen molar-refractivity contribution in [3.63, 3.8) is 0 Å². The maximum absolute atomic E-state index is 14.1. The first-order valence-electron chi connectivity index (χ1n) is 13.3. The molecule has 3 atom stereocenters. The van der Waals surface area contributed by atoms with Crippen molar-refractivity contribution in [3.05, 3.63) is 65.5 Å². The fourth-order valence-electron chi connectivity index (χ4n) is 5.33. The Morgan fingerprint density at radius 2 is 1.89 bits per heavy atom. The number of anilines is 1. The molecule has 38 heavy (non-hydrogen) atoms. The van der Waals surface area contributed by atoms with E-state index in [1.54, 1.807) is 12.1 Å². The van der Waals surface area contributed by atoms with E-state index in [9.17, 15) is 14.0 Å². The Labute approximate surface area is 227 Å². The molecule has 3 unspecified atom stereocenters. The maximum atomic E-state index is 14.1. The summed E-state index contributed by atoms with van der Waals surface area (Å²) in [5.41, 5.74) is 2.14. The average molecular weight is 539 g/mol. The van der Waals surface area contributed by atoms with Crippen LogP contribution in [0.4, 0.5) is 9.52 Å². The Balaban J connectivity index is 0.000000232. The van der Waals surface area contributed by atoms with Gasteiger partial charge in [0, 0.05) is 18.2 Å². The van der Waals surface area contributed by atoms with Crippen LogP contribution in [0.1, 0.15) is 61.9 Å². The lowest BCUT2D eigenvalue weighted by molar-refractivity contribution is -0.142. The predicted octanol–water partition coefficient (Wildman–Crippen LogP) is 6.04. The highest BCUT2D eigenvalue weighted by atomic mass is 32.1. The highest BCUT2D eigenvalue weighted by Crippen LogP contribution is 2.36. The molecule has 2 aliphatic rings. The molecule has 0 aliphatic carbocycles. The van der Waals surface area contributed by atoms with E-state index in [0.717, 1.165) is 41.9 Å². The van der Waals surface area contributed by atoms with Crippen LogP contribution >= 0.6 is 11.3 Å². The van der Waals surface area contributed by atoms with Crippen LogP contribution in [0.5, 0.6) is 0 Å². The SMILES string of the molecule is CC1CC(C(=O)O)N2CCCC12.CCCCN(C(=O)c1ccccc1F)c1nnc(-c2ccccc2C)s1. The number of aryl methyl sites for hydroxylation is 1. The van der Waals surface area contributed by atoms with Crippen LogP contribution in [0.2, 0.25) is 0 Å². The van der Waals surface area contributed by atoms with Gasteiger partial charge in [0.25, 0.3) is 5.91 Å². The minimum Gasteiger partial charge on any atom is -0.480 e. The Hall–Kier alpha value is -3.17. The number of carboxylic acid groups (broad SMARTS) is 1. The molecule has 1 amide bonds. The van der Waals surface area contributed by atoms with Gasteiger partial charge in [0.2, 0.25) is 5.13 Å². The second-order valence-electron chi connectivity index (χ2n) is 10.0. The summed E-state index contributed by atoms with van der Waals surface area (Å²) in [5.74, 6) is -0.966. The highest BCUT2D eigenvalue weighted by Gasteiger charge is 2.44. The average Bonchev–Trinajstić information content (AvgIpc) is 3.64. The van der Waals surface area contributed by atoms with Crippen molar-refractivity contribution in [1.82, 2.24) is 15.1 Å². The van der Waals surface area contributed by atoms with E-state index in [0.29, 0.717) is 23.6 Å². The lowest BCUT2D eigenvalue weighted by atomic mass is 9.99. The van der Waals surface area contributed by atoms with Crippen LogP contribution in [0, 0.1) is 18.7 Å². The molecule has 1 N–H and O–H groups in total. The Morgan fingerprint density at radius 3 is 2.61 bits per heavy atom. The van der Waals surface area contributed by atoms with Gasteiger partial charge in [0.15, 0.2) is 0 Å². The summed E-state index contributed by atoms with van der Waals surface area (Å²) in [4.78, 5) is 27.5. The van der Waals surface area contributed by atoms with Gasteiger partial charge >= 0.3 is 5.97 Å². The molecule has 2 fully saturated rings. The highest BCUT2D eigenvalue weighted by molar-refractivity contribution is 7.18. The van der Waals surface area contributed by atoms with E-state index in [1.807, 2.05) is 38.1 Å². The Bertz CT molecular complexity index is 1270. The number of carbonyl (C=O) groups is 2. The summed E-state index contributed by atoms with van der Waals surface area (Å²) in [6.45, 7) is 7.70. The topological polar surface area (TPSA) is 86.6 Å². The van der Waals surface area contributed by atoms with Gasteiger partial charge in [0.1, 0.15) is 16.9 Å². The van der Waals surface area contributed by atoms with Crippen LogP contribution in [0.3, 0.4) is 0 Å². The number of fused-ring (bicyclic) bond motifs is 1. The van der Waals surface area contributed by atoms with Crippen LogP contribution < -0.4 is 4.90 Å². The number of aromatic nitrogens is 2. The summed E-state index contributed by atoms with van der Waals surface area (Å²) in [6, 6.07) is 14.3. The molecule has 3 heterocycles. The first kappa shape index (κ1) is 27.9. The molecular weight excluding hydrogens is 503 g/mol. The van der Waals surface area contributed by atoms with Crippen LogP contribution in [0.15, 0.2) is 48.5 Å². The number of amides is 1.